The summed E-state index contributed by atoms with van der Waals surface area (Å²) in [6.07, 6.45) is 6.40. The molecule has 5 heteroatoms. The second kappa shape index (κ2) is 8.64. The molecule has 0 heterocycles. The highest BCUT2D eigenvalue weighted by Gasteiger charge is 2.31. The first-order valence-electron chi connectivity index (χ1n) is 10.7. The normalized spacial score (nSPS) is 22.6. The molecular formula is C23H35N3O2. The third-order valence-corrected chi connectivity index (χ3v) is 5.68. The largest absolute Gasteiger partial charge is 0.335 e. The number of hydrogen-bond donors (Lipinski definition) is 2. The van der Waals surface area contributed by atoms with Gasteiger partial charge in [0, 0.05) is 36.7 Å². The van der Waals surface area contributed by atoms with Gasteiger partial charge in [-0.1, -0.05) is 32.9 Å². The molecule has 0 radical (unpaired) electrons. The molecule has 0 atom stereocenters. The van der Waals surface area contributed by atoms with Crippen LogP contribution in [-0.4, -0.2) is 28.8 Å². The van der Waals surface area contributed by atoms with E-state index < -0.39 is 0 Å². The van der Waals surface area contributed by atoms with Crippen molar-refractivity contribution in [1.29, 1.82) is 0 Å². The zero-order chi connectivity index (χ0) is 20.3. The number of rotatable bonds is 6. The van der Waals surface area contributed by atoms with Crippen molar-refractivity contribution >= 4 is 17.5 Å². The minimum atomic E-state index is -0.0412. The highest BCUT2D eigenvalue weighted by molar-refractivity contribution is 5.94. The topological polar surface area (TPSA) is 75.4 Å². The Bertz CT molecular complexity index is 698. The molecule has 0 aromatic heterocycles. The lowest BCUT2D eigenvalue weighted by atomic mass is 9.88. The van der Waals surface area contributed by atoms with Gasteiger partial charge in [0.1, 0.15) is 0 Å². The summed E-state index contributed by atoms with van der Waals surface area (Å²) in [5, 5.41) is 3.01. The molecule has 1 aromatic rings. The summed E-state index contributed by atoms with van der Waals surface area (Å²) in [5.41, 5.74) is 7.92. The van der Waals surface area contributed by atoms with E-state index in [0.717, 1.165) is 49.8 Å². The second-order valence-electron chi connectivity index (χ2n) is 9.79. The molecule has 5 nitrogen and oxygen atoms in total. The van der Waals surface area contributed by atoms with Crippen molar-refractivity contribution in [2.75, 3.05) is 5.32 Å². The highest BCUT2D eigenvalue weighted by Crippen LogP contribution is 2.31. The van der Waals surface area contributed by atoms with Crippen LogP contribution >= 0.6 is 0 Å². The smallest absolute Gasteiger partial charge is 0.227 e. The third kappa shape index (κ3) is 6.06. The molecule has 3 rings (SSSR count). The molecule has 2 aliphatic rings. The SMILES string of the molecule is CC(C)(C)CC(=O)N(Cc1cccc(NC(=O)C2CC2)c1)C1CCC(N)CC1. The number of hydrogen-bond acceptors (Lipinski definition) is 3. The molecule has 28 heavy (non-hydrogen) atoms. The Balaban J connectivity index is 1.72. The fraction of sp³-hybridized carbons (Fsp3) is 0.652. The summed E-state index contributed by atoms with van der Waals surface area (Å²) in [4.78, 5) is 27.2. The molecule has 2 aliphatic carbocycles. The molecule has 2 amide bonds. The molecule has 0 bridgehead atoms. The van der Waals surface area contributed by atoms with Crippen molar-refractivity contribution in [3.63, 3.8) is 0 Å². The van der Waals surface area contributed by atoms with Crippen LogP contribution in [0.4, 0.5) is 5.69 Å². The lowest BCUT2D eigenvalue weighted by Crippen LogP contribution is -2.44. The number of nitrogens with two attached hydrogens (primary N) is 1. The summed E-state index contributed by atoms with van der Waals surface area (Å²) in [6.45, 7) is 6.90. The van der Waals surface area contributed by atoms with Crippen LogP contribution in [0.25, 0.3) is 0 Å². The lowest BCUT2D eigenvalue weighted by molar-refractivity contribution is -0.137. The molecule has 2 fully saturated rings. The maximum Gasteiger partial charge on any atom is 0.227 e. The molecule has 0 unspecified atom stereocenters. The fourth-order valence-electron chi connectivity index (χ4n) is 3.92. The van der Waals surface area contributed by atoms with Gasteiger partial charge in [0.15, 0.2) is 0 Å². The minimum absolute atomic E-state index is 0.0412. The van der Waals surface area contributed by atoms with Crippen molar-refractivity contribution in [3.8, 4) is 0 Å². The van der Waals surface area contributed by atoms with Crippen LogP contribution in [0, 0.1) is 11.3 Å². The standard InChI is InChI=1S/C23H35N3O2/c1-23(2,3)14-21(27)26(20-11-9-18(24)10-12-20)15-16-5-4-6-19(13-16)25-22(28)17-7-8-17/h4-6,13,17-18,20H,7-12,14-15,24H2,1-3H3,(H,25,28). The van der Waals surface area contributed by atoms with Crippen molar-refractivity contribution in [2.45, 2.75) is 84.3 Å². The van der Waals surface area contributed by atoms with Gasteiger partial charge in [-0.3, -0.25) is 9.59 Å². The fourth-order valence-corrected chi connectivity index (χ4v) is 3.92. The van der Waals surface area contributed by atoms with Gasteiger partial charge in [-0.25, -0.2) is 0 Å². The number of nitrogens with zero attached hydrogens (tertiary/aromatic N) is 1. The van der Waals surface area contributed by atoms with Crippen LogP contribution in [-0.2, 0) is 16.1 Å². The van der Waals surface area contributed by atoms with Gasteiger partial charge in [-0.2, -0.15) is 0 Å². The van der Waals surface area contributed by atoms with E-state index in [4.69, 9.17) is 5.73 Å². The Kier molecular flexibility index (Phi) is 6.43. The predicted octanol–water partition coefficient (Wildman–Crippen LogP) is 4.07. The van der Waals surface area contributed by atoms with Gasteiger partial charge >= 0.3 is 0 Å². The van der Waals surface area contributed by atoms with Crippen molar-refractivity contribution in [3.05, 3.63) is 29.8 Å². The number of anilines is 1. The number of carbonyl (C=O) groups is 2. The Labute approximate surface area is 169 Å². The van der Waals surface area contributed by atoms with Crippen molar-refractivity contribution in [1.82, 2.24) is 4.90 Å². The first-order chi connectivity index (χ1) is 13.2. The van der Waals surface area contributed by atoms with E-state index in [1.807, 2.05) is 24.3 Å². The number of nitrogens with one attached hydrogen (secondary N) is 1. The summed E-state index contributed by atoms with van der Waals surface area (Å²) in [6, 6.07) is 8.44. The molecule has 0 aliphatic heterocycles. The maximum absolute atomic E-state index is 13.1. The lowest BCUT2D eigenvalue weighted by Gasteiger charge is -2.37. The van der Waals surface area contributed by atoms with Gasteiger partial charge in [0.25, 0.3) is 0 Å². The van der Waals surface area contributed by atoms with Gasteiger partial charge in [0.2, 0.25) is 11.8 Å². The van der Waals surface area contributed by atoms with E-state index >= 15 is 0 Å². The second-order valence-corrected chi connectivity index (χ2v) is 9.79. The molecule has 154 valence electrons. The summed E-state index contributed by atoms with van der Waals surface area (Å²) in [5.74, 6) is 0.499. The minimum Gasteiger partial charge on any atom is -0.335 e. The van der Waals surface area contributed by atoms with Crippen molar-refractivity contribution in [2.24, 2.45) is 17.1 Å². The molecular weight excluding hydrogens is 350 g/mol. The number of carbonyl (C=O) groups excluding carboxylic acids is 2. The summed E-state index contributed by atoms with van der Waals surface area (Å²) in [7, 11) is 0. The van der Waals surface area contributed by atoms with Gasteiger partial charge in [-0.05, 0) is 61.6 Å². The zero-order valence-corrected chi connectivity index (χ0v) is 17.5. The molecule has 1 aromatic carbocycles. The zero-order valence-electron chi connectivity index (χ0n) is 17.5. The average Bonchev–Trinajstić information content (AvgIpc) is 3.44. The van der Waals surface area contributed by atoms with E-state index in [9.17, 15) is 9.59 Å². The van der Waals surface area contributed by atoms with Gasteiger partial charge in [-0.15, -0.1) is 0 Å². The van der Waals surface area contributed by atoms with E-state index in [2.05, 4.69) is 31.0 Å². The highest BCUT2D eigenvalue weighted by atomic mass is 16.2. The summed E-state index contributed by atoms with van der Waals surface area (Å²) >= 11 is 0. The third-order valence-electron chi connectivity index (χ3n) is 5.68. The number of benzene rings is 1. The van der Waals surface area contributed by atoms with Gasteiger partial charge < -0.3 is 16.0 Å². The first-order valence-corrected chi connectivity index (χ1v) is 10.7. The maximum atomic E-state index is 13.1. The number of amides is 2. The van der Waals surface area contributed by atoms with E-state index in [1.165, 1.54) is 0 Å². The molecule has 0 saturated heterocycles. The Hall–Kier alpha value is -1.88. The van der Waals surface area contributed by atoms with Crippen LogP contribution in [0.1, 0.15) is 71.3 Å². The summed E-state index contributed by atoms with van der Waals surface area (Å²) < 4.78 is 0. The monoisotopic (exact) mass is 385 g/mol. The first kappa shape index (κ1) is 20.8. The van der Waals surface area contributed by atoms with Crippen LogP contribution in [0.5, 0.6) is 0 Å². The Morgan fingerprint density at radius 1 is 1.11 bits per heavy atom. The Morgan fingerprint density at radius 2 is 1.79 bits per heavy atom. The predicted molar refractivity (Wildman–Crippen MR) is 113 cm³/mol. The van der Waals surface area contributed by atoms with Crippen molar-refractivity contribution < 1.29 is 9.59 Å². The Morgan fingerprint density at radius 3 is 2.39 bits per heavy atom. The van der Waals surface area contributed by atoms with Crippen LogP contribution in [0.15, 0.2) is 24.3 Å². The van der Waals surface area contributed by atoms with Crippen LogP contribution in [0.3, 0.4) is 0 Å². The van der Waals surface area contributed by atoms with Crippen LogP contribution in [0.2, 0.25) is 0 Å². The van der Waals surface area contributed by atoms with Crippen LogP contribution < -0.4 is 11.1 Å². The average molecular weight is 386 g/mol. The van der Waals surface area contributed by atoms with Gasteiger partial charge in [0.05, 0.1) is 0 Å². The van der Waals surface area contributed by atoms with E-state index in [-0.39, 0.29) is 35.2 Å². The van der Waals surface area contributed by atoms with E-state index in [0.29, 0.717) is 13.0 Å². The quantitative estimate of drug-likeness (QED) is 0.775. The molecule has 3 N–H and O–H groups in total. The van der Waals surface area contributed by atoms with E-state index in [1.54, 1.807) is 0 Å². The molecule has 0 spiro atoms. The molecule has 2 saturated carbocycles.